The Kier molecular flexibility index (Phi) is 1.77. The minimum atomic E-state index is 0.251. The number of halogens is 1. The number of anilines is 1. The Morgan fingerprint density at radius 1 is 1.50 bits per heavy atom. The molecule has 1 saturated carbocycles. The first-order valence-corrected chi connectivity index (χ1v) is 4.08. The molecule has 0 amide bonds. The SMILES string of the molecule is Nc1c(Cl)ncnc1OC1CC1. The smallest absolute Gasteiger partial charge is 0.242 e. The summed E-state index contributed by atoms with van der Waals surface area (Å²) in [5.41, 5.74) is 5.90. The highest BCUT2D eigenvalue weighted by Gasteiger charge is 2.25. The number of rotatable bonds is 2. The third-order valence-electron chi connectivity index (χ3n) is 1.60. The van der Waals surface area contributed by atoms with E-state index in [1.54, 1.807) is 0 Å². The summed E-state index contributed by atoms with van der Waals surface area (Å²) in [6.07, 6.45) is 3.76. The van der Waals surface area contributed by atoms with Gasteiger partial charge in [0.15, 0.2) is 5.15 Å². The van der Waals surface area contributed by atoms with E-state index in [1.165, 1.54) is 6.33 Å². The topological polar surface area (TPSA) is 61.0 Å². The van der Waals surface area contributed by atoms with Gasteiger partial charge in [-0.3, -0.25) is 0 Å². The van der Waals surface area contributed by atoms with Crippen LogP contribution in [0.4, 0.5) is 5.69 Å². The fourth-order valence-corrected chi connectivity index (χ4v) is 0.921. The van der Waals surface area contributed by atoms with Gasteiger partial charge in [0.05, 0.1) is 0 Å². The number of hydrogen-bond donors (Lipinski definition) is 1. The largest absolute Gasteiger partial charge is 0.473 e. The second kappa shape index (κ2) is 2.79. The fraction of sp³-hybridized carbons (Fsp3) is 0.429. The molecule has 4 nitrogen and oxygen atoms in total. The van der Waals surface area contributed by atoms with Crippen molar-refractivity contribution in [2.24, 2.45) is 0 Å². The van der Waals surface area contributed by atoms with Gasteiger partial charge in [0, 0.05) is 0 Å². The summed E-state index contributed by atoms with van der Waals surface area (Å²) >= 11 is 5.66. The second-order valence-electron chi connectivity index (χ2n) is 2.70. The van der Waals surface area contributed by atoms with Crippen molar-refractivity contribution in [1.29, 1.82) is 0 Å². The van der Waals surface area contributed by atoms with Crippen molar-refractivity contribution in [2.75, 3.05) is 5.73 Å². The Hall–Kier alpha value is -1.03. The molecule has 1 aliphatic rings. The molecular formula is C7H8ClN3O. The Morgan fingerprint density at radius 3 is 2.92 bits per heavy atom. The minimum absolute atomic E-state index is 0.251. The number of aromatic nitrogens is 2. The van der Waals surface area contributed by atoms with Crippen molar-refractivity contribution in [1.82, 2.24) is 9.97 Å². The number of hydrogen-bond acceptors (Lipinski definition) is 4. The van der Waals surface area contributed by atoms with Crippen LogP contribution in [0.1, 0.15) is 12.8 Å². The van der Waals surface area contributed by atoms with Crippen molar-refractivity contribution in [3.63, 3.8) is 0 Å². The molecule has 5 heteroatoms. The number of nitrogens with zero attached hydrogens (tertiary/aromatic N) is 2. The summed E-state index contributed by atoms with van der Waals surface area (Å²) in [5.74, 6) is 0.400. The Labute approximate surface area is 74.7 Å². The standard InChI is InChI=1S/C7H8ClN3O/c8-6-5(9)7(11-3-10-6)12-4-1-2-4/h3-4H,1-2,9H2. The molecular weight excluding hydrogens is 178 g/mol. The van der Waals surface area contributed by atoms with E-state index in [9.17, 15) is 0 Å². The third-order valence-corrected chi connectivity index (χ3v) is 1.90. The van der Waals surface area contributed by atoms with Crippen molar-refractivity contribution >= 4 is 17.3 Å². The van der Waals surface area contributed by atoms with Gasteiger partial charge in [0.1, 0.15) is 18.1 Å². The lowest BCUT2D eigenvalue weighted by Crippen LogP contribution is -2.03. The van der Waals surface area contributed by atoms with Crippen LogP contribution in [0.5, 0.6) is 5.88 Å². The van der Waals surface area contributed by atoms with Gasteiger partial charge in [-0.05, 0) is 12.8 Å². The van der Waals surface area contributed by atoms with Crippen LogP contribution in [-0.4, -0.2) is 16.1 Å². The predicted molar refractivity (Wildman–Crippen MR) is 45.1 cm³/mol. The van der Waals surface area contributed by atoms with Crippen LogP contribution < -0.4 is 10.5 Å². The fourth-order valence-electron chi connectivity index (χ4n) is 0.797. The lowest BCUT2D eigenvalue weighted by Gasteiger charge is -2.05. The predicted octanol–water partition coefficient (Wildman–Crippen LogP) is 1.25. The van der Waals surface area contributed by atoms with E-state index in [0.29, 0.717) is 11.6 Å². The molecule has 0 saturated heterocycles. The summed E-state index contributed by atoms with van der Waals surface area (Å²) in [4.78, 5) is 7.59. The minimum Gasteiger partial charge on any atom is -0.473 e. The first-order valence-electron chi connectivity index (χ1n) is 3.70. The molecule has 1 aromatic rings. The van der Waals surface area contributed by atoms with Crippen LogP contribution >= 0.6 is 11.6 Å². The molecule has 2 rings (SSSR count). The van der Waals surface area contributed by atoms with Crippen LogP contribution in [0.25, 0.3) is 0 Å². The van der Waals surface area contributed by atoms with Crippen molar-refractivity contribution in [3.8, 4) is 5.88 Å². The zero-order valence-electron chi connectivity index (χ0n) is 6.33. The monoisotopic (exact) mass is 185 g/mol. The summed E-state index contributed by atoms with van der Waals surface area (Å²) in [7, 11) is 0. The molecule has 12 heavy (non-hydrogen) atoms. The zero-order valence-corrected chi connectivity index (χ0v) is 7.08. The average Bonchev–Trinajstić information content (AvgIpc) is 2.83. The molecule has 2 N–H and O–H groups in total. The van der Waals surface area contributed by atoms with E-state index < -0.39 is 0 Å². The van der Waals surface area contributed by atoms with Gasteiger partial charge < -0.3 is 10.5 Å². The van der Waals surface area contributed by atoms with Gasteiger partial charge >= 0.3 is 0 Å². The van der Waals surface area contributed by atoms with Crippen molar-refractivity contribution in [3.05, 3.63) is 11.5 Å². The molecule has 0 atom stereocenters. The van der Waals surface area contributed by atoms with Crippen molar-refractivity contribution in [2.45, 2.75) is 18.9 Å². The lowest BCUT2D eigenvalue weighted by atomic mass is 10.5. The van der Waals surface area contributed by atoms with Crippen molar-refractivity contribution < 1.29 is 4.74 Å². The molecule has 0 bridgehead atoms. The van der Waals surface area contributed by atoms with E-state index in [0.717, 1.165) is 12.8 Å². The van der Waals surface area contributed by atoms with Gasteiger partial charge in [-0.1, -0.05) is 11.6 Å². The average molecular weight is 186 g/mol. The molecule has 1 aliphatic carbocycles. The molecule has 1 aromatic heterocycles. The number of ether oxygens (including phenoxy) is 1. The van der Waals surface area contributed by atoms with Gasteiger partial charge in [0.2, 0.25) is 5.88 Å². The summed E-state index contributed by atoms with van der Waals surface area (Å²) in [6.45, 7) is 0. The molecule has 1 heterocycles. The second-order valence-corrected chi connectivity index (χ2v) is 3.06. The molecule has 64 valence electrons. The van der Waals surface area contributed by atoms with Gasteiger partial charge in [-0.25, -0.2) is 4.98 Å². The third kappa shape index (κ3) is 1.43. The first-order chi connectivity index (χ1) is 5.77. The normalized spacial score (nSPS) is 16.1. The summed E-state index contributed by atoms with van der Waals surface area (Å²) in [6, 6.07) is 0. The molecule has 1 fully saturated rings. The molecule has 0 aliphatic heterocycles. The van der Waals surface area contributed by atoms with E-state index in [4.69, 9.17) is 22.1 Å². The van der Waals surface area contributed by atoms with E-state index in [2.05, 4.69) is 9.97 Å². The van der Waals surface area contributed by atoms with Gasteiger partial charge in [-0.2, -0.15) is 4.98 Å². The van der Waals surface area contributed by atoms with E-state index in [1.807, 2.05) is 0 Å². The van der Waals surface area contributed by atoms with Crippen LogP contribution in [0.15, 0.2) is 6.33 Å². The summed E-state index contributed by atoms with van der Waals surface area (Å²) in [5, 5.41) is 0.251. The van der Waals surface area contributed by atoms with E-state index >= 15 is 0 Å². The maximum absolute atomic E-state index is 5.66. The number of nitrogens with two attached hydrogens (primary N) is 1. The Bertz CT molecular complexity index is 301. The highest BCUT2D eigenvalue weighted by atomic mass is 35.5. The quantitative estimate of drug-likeness (QED) is 0.705. The lowest BCUT2D eigenvalue weighted by molar-refractivity contribution is 0.292. The zero-order chi connectivity index (χ0) is 8.55. The molecule has 0 unspecified atom stereocenters. The van der Waals surface area contributed by atoms with Crippen LogP contribution in [0, 0.1) is 0 Å². The highest BCUT2D eigenvalue weighted by molar-refractivity contribution is 6.32. The van der Waals surface area contributed by atoms with Gasteiger partial charge in [0.25, 0.3) is 0 Å². The summed E-state index contributed by atoms with van der Waals surface area (Å²) < 4.78 is 5.38. The molecule has 0 radical (unpaired) electrons. The van der Waals surface area contributed by atoms with Crippen LogP contribution in [0.2, 0.25) is 5.15 Å². The highest BCUT2D eigenvalue weighted by Crippen LogP contribution is 2.30. The Balaban J connectivity index is 2.23. The molecule has 0 spiro atoms. The number of nitrogen functional groups attached to an aromatic ring is 1. The van der Waals surface area contributed by atoms with Crippen LogP contribution in [-0.2, 0) is 0 Å². The molecule has 0 aromatic carbocycles. The first kappa shape index (κ1) is 7.61. The maximum Gasteiger partial charge on any atom is 0.242 e. The van der Waals surface area contributed by atoms with E-state index in [-0.39, 0.29) is 11.3 Å². The Morgan fingerprint density at radius 2 is 2.25 bits per heavy atom. The maximum atomic E-state index is 5.66. The van der Waals surface area contributed by atoms with Crippen LogP contribution in [0.3, 0.4) is 0 Å². The van der Waals surface area contributed by atoms with Gasteiger partial charge in [-0.15, -0.1) is 0 Å².